The highest BCUT2D eigenvalue weighted by Gasteiger charge is 2.28. The molecule has 0 bridgehead atoms. The minimum atomic E-state index is -4.78. The van der Waals surface area contributed by atoms with Crippen molar-refractivity contribution in [3.8, 4) is 0 Å². The van der Waals surface area contributed by atoms with Crippen LogP contribution in [0, 0.1) is 0 Å². The van der Waals surface area contributed by atoms with Crippen LogP contribution in [0.3, 0.4) is 0 Å². The van der Waals surface area contributed by atoms with Crippen molar-refractivity contribution in [2.24, 2.45) is 0 Å². The number of allylic oxidation sites excluding steroid dienone is 18. The fourth-order valence-corrected chi connectivity index (χ4v) is 8.12. The van der Waals surface area contributed by atoms with Gasteiger partial charge in [-0.1, -0.05) is 201 Å². The molecule has 0 saturated carbocycles. The van der Waals surface area contributed by atoms with Crippen LogP contribution in [0.4, 0.5) is 0 Å². The van der Waals surface area contributed by atoms with Gasteiger partial charge in [-0.05, 0) is 116 Å². The number of rotatable bonds is 52. The van der Waals surface area contributed by atoms with Gasteiger partial charge in [-0.25, -0.2) is 4.57 Å². The van der Waals surface area contributed by atoms with Crippen LogP contribution in [0.25, 0.3) is 0 Å². The molecule has 0 fully saturated rings. The first-order valence-electron chi connectivity index (χ1n) is 28.8. The fraction of sp³-hybridized carbons (Fsp3) is 0.661. The molecule has 0 aliphatic carbocycles. The van der Waals surface area contributed by atoms with Gasteiger partial charge in [0.05, 0.1) is 19.8 Å². The molecular weight excluding hydrogens is 952 g/mol. The molecule has 0 aromatic rings. The molecular formula is C62H103O11P. The van der Waals surface area contributed by atoms with Crippen LogP contribution < -0.4 is 0 Å². The van der Waals surface area contributed by atoms with Crippen LogP contribution in [0.1, 0.15) is 226 Å². The van der Waals surface area contributed by atoms with E-state index in [1.165, 1.54) is 64.2 Å². The molecule has 0 aromatic carbocycles. The van der Waals surface area contributed by atoms with E-state index >= 15 is 0 Å². The van der Waals surface area contributed by atoms with Crippen molar-refractivity contribution in [2.45, 2.75) is 238 Å². The zero-order valence-corrected chi connectivity index (χ0v) is 47.4. The largest absolute Gasteiger partial charge is 0.472 e. The van der Waals surface area contributed by atoms with E-state index in [1.54, 1.807) is 0 Å². The number of phosphoric acid groups is 1. The first-order chi connectivity index (χ1) is 36.2. The van der Waals surface area contributed by atoms with Gasteiger partial charge in [0, 0.05) is 19.3 Å². The molecule has 0 aliphatic rings. The quantitative estimate of drug-likeness (QED) is 0.0197. The Balaban J connectivity index is 4.81. The van der Waals surface area contributed by atoms with Gasteiger partial charge in [-0.2, -0.15) is 0 Å². The number of esters is 3. The summed E-state index contributed by atoms with van der Waals surface area (Å²) in [7, 11) is -4.78. The zero-order valence-electron chi connectivity index (χ0n) is 46.5. The van der Waals surface area contributed by atoms with Crippen molar-refractivity contribution in [3.63, 3.8) is 0 Å². The summed E-state index contributed by atoms with van der Waals surface area (Å²) in [6.45, 7) is 4.30. The van der Waals surface area contributed by atoms with E-state index in [-0.39, 0.29) is 25.9 Å². The molecule has 2 N–H and O–H groups in total. The second-order valence-corrected chi connectivity index (χ2v) is 20.1. The van der Waals surface area contributed by atoms with Crippen LogP contribution in [-0.2, 0) is 42.2 Å². The van der Waals surface area contributed by atoms with Crippen molar-refractivity contribution in [1.82, 2.24) is 0 Å². The number of hydrogen-bond donors (Lipinski definition) is 2. The second kappa shape index (κ2) is 55.4. The summed E-state index contributed by atoms with van der Waals surface area (Å²) in [6, 6.07) is 0. The highest BCUT2D eigenvalue weighted by atomic mass is 31.2. The number of unbranched alkanes of at least 4 members (excludes halogenated alkanes) is 17. The summed E-state index contributed by atoms with van der Waals surface area (Å²) >= 11 is 0. The van der Waals surface area contributed by atoms with E-state index in [0.717, 1.165) is 96.3 Å². The SMILES string of the molecule is CC/C=C\C/C=C\C/C=C\C/C=C\C/C=C\CCCC(=O)OC(COC(=O)CCCCC/C=C\C/C=C\C/C=C\CC)COP(=O)(O)OCC(CO)OC(=O)CCCCCCCCC/C=C\CCCCCCCC. The molecule has 0 aromatic heterocycles. The van der Waals surface area contributed by atoms with E-state index in [9.17, 15) is 28.9 Å². The summed E-state index contributed by atoms with van der Waals surface area (Å²) in [5.41, 5.74) is 0. The highest BCUT2D eigenvalue weighted by Crippen LogP contribution is 2.43. The number of aliphatic hydroxyl groups excluding tert-OH is 1. The summed E-state index contributed by atoms with van der Waals surface area (Å²) in [6.07, 6.45) is 66.3. The van der Waals surface area contributed by atoms with Gasteiger partial charge < -0.3 is 24.2 Å². The van der Waals surface area contributed by atoms with E-state index in [1.807, 2.05) is 12.2 Å². The third kappa shape index (κ3) is 53.0. The normalized spacial score (nSPS) is 14.2. The number of carbonyl (C=O) groups excluding carboxylic acids is 3. The Morgan fingerprint density at radius 2 is 0.716 bits per heavy atom. The monoisotopic (exact) mass is 1050 g/mol. The predicted octanol–water partition coefficient (Wildman–Crippen LogP) is 17.0. The lowest BCUT2D eigenvalue weighted by Gasteiger charge is -2.21. The third-order valence-corrected chi connectivity index (χ3v) is 12.6. The minimum Gasteiger partial charge on any atom is -0.462 e. The van der Waals surface area contributed by atoms with E-state index in [4.69, 9.17) is 23.3 Å². The zero-order chi connectivity index (χ0) is 54.1. The lowest BCUT2D eigenvalue weighted by molar-refractivity contribution is -0.161. The highest BCUT2D eigenvalue weighted by molar-refractivity contribution is 7.47. The average Bonchev–Trinajstić information content (AvgIpc) is 3.39. The Kier molecular flexibility index (Phi) is 52.5. The Morgan fingerprint density at radius 3 is 1.16 bits per heavy atom. The Labute approximate surface area is 450 Å². The molecule has 12 heteroatoms. The number of hydrogen-bond acceptors (Lipinski definition) is 10. The lowest BCUT2D eigenvalue weighted by Crippen LogP contribution is -2.30. The fourth-order valence-electron chi connectivity index (χ4n) is 7.34. The van der Waals surface area contributed by atoms with Crippen molar-refractivity contribution >= 4 is 25.7 Å². The van der Waals surface area contributed by atoms with E-state index in [0.29, 0.717) is 25.7 Å². The number of ether oxygens (including phenoxy) is 3. The first-order valence-corrected chi connectivity index (χ1v) is 30.3. The number of phosphoric ester groups is 1. The Morgan fingerprint density at radius 1 is 0.392 bits per heavy atom. The third-order valence-electron chi connectivity index (χ3n) is 11.7. The summed E-state index contributed by atoms with van der Waals surface area (Å²) in [4.78, 5) is 48.5. The van der Waals surface area contributed by atoms with Gasteiger partial charge in [-0.15, -0.1) is 0 Å². The van der Waals surface area contributed by atoms with E-state index in [2.05, 4.69) is 118 Å². The smallest absolute Gasteiger partial charge is 0.462 e. The van der Waals surface area contributed by atoms with Gasteiger partial charge >= 0.3 is 25.7 Å². The summed E-state index contributed by atoms with van der Waals surface area (Å²) in [5.74, 6) is -1.58. The molecule has 0 aliphatic heterocycles. The van der Waals surface area contributed by atoms with Crippen LogP contribution in [0.2, 0.25) is 0 Å². The molecule has 0 radical (unpaired) electrons. The number of aliphatic hydroxyl groups is 1. The van der Waals surface area contributed by atoms with Crippen molar-refractivity contribution in [2.75, 3.05) is 26.4 Å². The van der Waals surface area contributed by atoms with Gasteiger partial charge in [-0.3, -0.25) is 23.4 Å². The van der Waals surface area contributed by atoms with Gasteiger partial charge in [0.15, 0.2) is 6.10 Å². The van der Waals surface area contributed by atoms with Gasteiger partial charge in [0.2, 0.25) is 0 Å². The lowest BCUT2D eigenvalue weighted by atomic mass is 10.1. The van der Waals surface area contributed by atoms with Crippen molar-refractivity contribution < 1.29 is 52.2 Å². The van der Waals surface area contributed by atoms with E-state index < -0.39 is 57.8 Å². The molecule has 0 saturated heterocycles. The standard InChI is InChI=1S/C62H103O11P/c1-4-7-10-13-16-19-22-25-27-29-31-34-37-40-43-46-49-52-61(65)72-58(54-63)56-70-74(67,68)71-57-59(55-69-60(64)51-48-45-42-39-36-33-24-21-18-15-12-9-6-3)73-62(66)53-50-47-44-41-38-35-32-30-28-26-23-20-17-14-11-8-5-2/h8-9,11-12,17-18,20-21,25-28,32-33,35-36,41,44,58-59,63H,4-7,10,13-16,19,22-24,29-31,34,37-40,42-43,45-57H2,1-3H3,(H,67,68)/b11-8-,12-9-,20-17-,21-18-,27-25-,28-26-,35-32-,36-33-,44-41-. The van der Waals surface area contributed by atoms with Gasteiger partial charge in [0.1, 0.15) is 12.7 Å². The van der Waals surface area contributed by atoms with Crippen LogP contribution >= 0.6 is 7.82 Å². The van der Waals surface area contributed by atoms with Crippen molar-refractivity contribution in [3.05, 3.63) is 109 Å². The first kappa shape index (κ1) is 70.1. The maximum atomic E-state index is 12.9. The maximum Gasteiger partial charge on any atom is 0.472 e. The number of carbonyl (C=O) groups is 3. The second-order valence-electron chi connectivity index (χ2n) is 18.7. The molecule has 0 heterocycles. The molecule has 0 rings (SSSR count). The average molecular weight is 1060 g/mol. The molecule has 0 spiro atoms. The molecule has 11 nitrogen and oxygen atoms in total. The topological polar surface area (TPSA) is 155 Å². The summed E-state index contributed by atoms with van der Waals surface area (Å²) in [5, 5.41) is 9.82. The maximum absolute atomic E-state index is 12.9. The molecule has 3 unspecified atom stereocenters. The molecule has 74 heavy (non-hydrogen) atoms. The predicted molar refractivity (Wildman–Crippen MR) is 307 cm³/mol. The minimum absolute atomic E-state index is 0.0775. The Hall–Kier alpha value is -3.86. The molecule has 0 amide bonds. The Bertz CT molecular complexity index is 1660. The molecule has 422 valence electrons. The van der Waals surface area contributed by atoms with Gasteiger partial charge in [0.25, 0.3) is 0 Å². The van der Waals surface area contributed by atoms with Crippen molar-refractivity contribution in [1.29, 1.82) is 0 Å². The summed E-state index contributed by atoms with van der Waals surface area (Å²) < 4.78 is 39.4. The molecule has 3 atom stereocenters. The van der Waals surface area contributed by atoms with Crippen LogP contribution in [0.5, 0.6) is 0 Å². The van der Waals surface area contributed by atoms with Crippen LogP contribution in [0.15, 0.2) is 109 Å². The van der Waals surface area contributed by atoms with Crippen LogP contribution in [-0.4, -0.2) is 66.5 Å².